The zero-order chi connectivity index (χ0) is 12.5. The maximum atomic E-state index is 3.67. The minimum absolute atomic E-state index is 0.622. The van der Waals surface area contributed by atoms with Gasteiger partial charge in [0, 0.05) is 17.0 Å². The molecule has 2 unspecified atom stereocenters. The van der Waals surface area contributed by atoms with E-state index in [0.29, 0.717) is 6.04 Å². The Balaban J connectivity index is 2.47. The number of hydrogen-bond acceptors (Lipinski definition) is 2. The standard InChI is InChI=1S/C15H29NS/c1-4-13(3)17-12-15(16-5-2)14-10-8-6-7-9-11-14/h10,13,15-16H,4-9,11-12H2,1-3H3. The van der Waals surface area contributed by atoms with Crippen LogP contribution in [0.15, 0.2) is 11.6 Å². The molecule has 100 valence electrons. The summed E-state index contributed by atoms with van der Waals surface area (Å²) in [4.78, 5) is 0. The Bertz CT molecular complexity index is 225. The van der Waals surface area contributed by atoms with Gasteiger partial charge in [0.25, 0.3) is 0 Å². The molecule has 1 aliphatic carbocycles. The number of nitrogens with one attached hydrogen (secondary N) is 1. The maximum absolute atomic E-state index is 3.67. The SMILES string of the molecule is CCNC(CSC(C)CC)C1=CCCCCC1. The first-order chi connectivity index (χ1) is 8.27. The van der Waals surface area contributed by atoms with E-state index in [1.807, 2.05) is 0 Å². The molecule has 0 radical (unpaired) electrons. The van der Waals surface area contributed by atoms with Crippen molar-refractivity contribution in [2.24, 2.45) is 0 Å². The van der Waals surface area contributed by atoms with Gasteiger partial charge >= 0.3 is 0 Å². The number of hydrogen-bond donors (Lipinski definition) is 1. The van der Waals surface area contributed by atoms with Gasteiger partial charge in [0.05, 0.1) is 0 Å². The van der Waals surface area contributed by atoms with Gasteiger partial charge in [0.1, 0.15) is 0 Å². The van der Waals surface area contributed by atoms with Gasteiger partial charge in [-0.25, -0.2) is 0 Å². The Morgan fingerprint density at radius 3 is 2.82 bits per heavy atom. The molecule has 0 spiro atoms. The summed E-state index contributed by atoms with van der Waals surface area (Å²) in [5.74, 6) is 1.24. The monoisotopic (exact) mass is 255 g/mol. The molecule has 2 heteroatoms. The molecule has 0 aromatic carbocycles. The highest BCUT2D eigenvalue weighted by Gasteiger charge is 2.15. The van der Waals surface area contributed by atoms with Gasteiger partial charge in [-0.15, -0.1) is 0 Å². The van der Waals surface area contributed by atoms with Crippen LogP contribution in [0.25, 0.3) is 0 Å². The minimum Gasteiger partial charge on any atom is -0.310 e. The Morgan fingerprint density at radius 2 is 2.12 bits per heavy atom. The van der Waals surface area contributed by atoms with Crippen LogP contribution in [0.2, 0.25) is 0 Å². The fourth-order valence-corrected chi connectivity index (χ4v) is 3.37. The molecular formula is C15H29NS. The molecule has 1 N–H and O–H groups in total. The molecule has 0 aliphatic heterocycles. The lowest BCUT2D eigenvalue weighted by molar-refractivity contribution is 0.607. The van der Waals surface area contributed by atoms with Crippen LogP contribution in [0, 0.1) is 0 Å². The van der Waals surface area contributed by atoms with Gasteiger partial charge in [0.2, 0.25) is 0 Å². The summed E-state index contributed by atoms with van der Waals surface area (Å²) in [6.07, 6.45) is 10.6. The highest BCUT2D eigenvalue weighted by Crippen LogP contribution is 2.24. The van der Waals surface area contributed by atoms with Gasteiger partial charge < -0.3 is 5.32 Å². The lowest BCUT2D eigenvalue weighted by Gasteiger charge is -2.22. The van der Waals surface area contributed by atoms with Crippen LogP contribution < -0.4 is 5.32 Å². The predicted molar refractivity (Wildman–Crippen MR) is 80.8 cm³/mol. The smallest absolute Gasteiger partial charge is 0.0370 e. The van der Waals surface area contributed by atoms with Crippen LogP contribution >= 0.6 is 11.8 Å². The average molecular weight is 255 g/mol. The molecule has 2 atom stereocenters. The van der Waals surface area contributed by atoms with Gasteiger partial charge in [-0.05, 0) is 38.6 Å². The van der Waals surface area contributed by atoms with E-state index < -0.39 is 0 Å². The molecule has 1 nitrogen and oxygen atoms in total. The highest BCUT2D eigenvalue weighted by molar-refractivity contribution is 7.99. The molecule has 0 saturated heterocycles. The molecule has 0 heterocycles. The van der Waals surface area contributed by atoms with Crippen molar-refractivity contribution in [3.63, 3.8) is 0 Å². The van der Waals surface area contributed by atoms with Gasteiger partial charge in [-0.1, -0.05) is 38.8 Å². The molecule has 0 fully saturated rings. The largest absolute Gasteiger partial charge is 0.310 e. The average Bonchev–Trinajstić information content (AvgIpc) is 2.62. The highest BCUT2D eigenvalue weighted by atomic mass is 32.2. The van der Waals surface area contributed by atoms with Crippen LogP contribution in [-0.2, 0) is 0 Å². The quantitative estimate of drug-likeness (QED) is 0.677. The molecule has 0 bridgehead atoms. The third-order valence-corrected chi connectivity index (χ3v) is 5.02. The lowest BCUT2D eigenvalue weighted by atomic mass is 10.0. The summed E-state index contributed by atoms with van der Waals surface area (Å²) in [6, 6.07) is 0.622. The van der Waals surface area contributed by atoms with Crippen molar-refractivity contribution in [3.05, 3.63) is 11.6 Å². The first-order valence-electron chi connectivity index (χ1n) is 7.31. The second-order valence-corrected chi connectivity index (χ2v) is 6.51. The third kappa shape index (κ3) is 5.96. The Kier molecular flexibility index (Phi) is 8.04. The molecular weight excluding hydrogens is 226 g/mol. The summed E-state index contributed by atoms with van der Waals surface area (Å²) in [7, 11) is 0. The number of likely N-dealkylation sites (N-methyl/N-ethyl adjacent to an activating group) is 1. The second-order valence-electron chi connectivity index (χ2n) is 5.04. The normalized spacial score (nSPS) is 20.5. The van der Waals surface area contributed by atoms with E-state index in [1.165, 1.54) is 44.3 Å². The van der Waals surface area contributed by atoms with E-state index in [1.54, 1.807) is 5.57 Å². The van der Waals surface area contributed by atoms with E-state index in [-0.39, 0.29) is 0 Å². The molecule has 0 amide bonds. The van der Waals surface area contributed by atoms with E-state index >= 15 is 0 Å². The van der Waals surface area contributed by atoms with Crippen molar-refractivity contribution in [1.82, 2.24) is 5.32 Å². The predicted octanol–water partition coefficient (Wildman–Crippen LogP) is 4.39. The molecule has 17 heavy (non-hydrogen) atoms. The first-order valence-corrected chi connectivity index (χ1v) is 8.36. The molecule has 0 aromatic rings. The van der Waals surface area contributed by atoms with Crippen LogP contribution in [-0.4, -0.2) is 23.6 Å². The zero-order valence-corrected chi connectivity index (χ0v) is 12.6. The zero-order valence-electron chi connectivity index (χ0n) is 11.8. The van der Waals surface area contributed by atoms with Crippen molar-refractivity contribution < 1.29 is 0 Å². The van der Waals surface area contributed by atoms with Gasteiger partial charge in [-0.3, -0.25) is 0 Å². The molecule has 0 saturated carbocycles. The number of allylic oxidation sites excluding steroid dienone is 1. The summed E-state index contributed by atoms with van der Waals surface area (Å²) in [5.41, 5.74) is 1.68. The number of thioether (sulfide) groups is 1. The molecule has 1 rings (SSSR count). The summed E-state index contributed by atoms with van der Waals surface area (Å²) in [5, 5.41) is 4.46. The van der Waals surface area contributed by atoms with E-state index in [0.717, 1.165) is 11.8 Å². The lowest BCUT2D eigenvalue weighted by Crippen LogP contribution is -2.33. The summed E-state index contributed by atoms with van der Waals surface area (Å²) >= 11 is 2.12. The Labute approximate surface area is 112 Å². The van der Waals surface area contributed by atoms with Crippen LogP contribution in [0.4, 0.5) is 0 Å². The van der Waals surface area contributed by atoms with Crippen molar-refractivity contribution in [1.29, 1.82) is 0 Å². The maximum Gasteiger partial charge on any atom is 0.0370 e. The fraction of sp³-hybridized carbons (Fsp3) is 0.867. The van der Waals surface area contributed by atoms with Gasteiger partial charge in [0.15, 0.2) is 0 Å². The van der Waals surface area contributed by atoms with E-state index in [9.17, 15) is 0 Å². The van der Waals surface area contributed by atoms with Crippen LogP contribution in [0.3, 0.4) is 0 Å². The molecule has 1 aliphatic rings. The minimum atomic E-state index is 0.622. The van der Waals surface area contributed by atoms with E-state index in [4.69, 9.17) is 0 Å². The summed E-state index contributed by atoms with van der Waals surface area (Å²) in [6.45, 7) is 7.93. The third-order valence-electron chi connectivity index (χ3n) is 3.60. The van der Waals surface area contributed by atoms with Crippen molar-refractivity contribution in [2.75, 3.05) is 12.3 Å². The van der Waals surface area contributed by atoms with E-state index in [2.05, 4.69) is 43.9 Å². The van der Waals surface area contributed by atoms with Crippen LogP contribution in [0.1, 0.15) is 59.3 Å². The van der Waals surface area contributed by atoms with Crippen molar-refractivity contribution in [3.8, 4) is 0 Å². The Hall–Kier alpha value is 0.0500. The fourth-order valence-electron chi connectivity index (χ4n) is 2.28. The molecule has 0 aromatic heterocycles. The van der Waals surface area contributed by atoms with Crippen LogP contribution in [0.5, 0.6) is 0 Å². The topological polar surface area (TPSA) is 12.0 Å². The number of rotatable bonds is 7. The van der Waals surface area contributed by atoms with Crippen molar-refractivity contribution in [2.45, 2.75) is 70.6 Å². The second kappa shape index (κ2) is 9.04. The Morgan fingerprint density at radius 1 is 1.29 bits per heavy atom. The first kappa shape index (κ1) is 15.1. The van der Waals surface area contributed by atoms with Gasteiger partial charge in [-0.2, -0.15) is 11.8 Å². The van der Waals surface area contributed by atoms with Crippen molar-refractivity contribution >= 4 is 11.8 Å². The summed E-state index contributed by atoms with van der Waals surface area (Å²) < 4.78 is 0.